The fourth-order valence-electron chi connectivity index (χ4n) is 1.83. The highest BCUT2D eigenvalue weighted by Gasteiger charge is 2.20. The third kappa shape index (κ3) is 3.29. The lowest BCUT2D eigenvalue weighted by Crippen LogP contribution is -2.03. The second-order valence-electron chi connectivity index (χ2n) is 4.40. The van der Waals surface area contributed by atoms with E-state index in [-0.39, 0.29) is 5.56 Å². The summed E-state index contributed by atoms with van der Waals surface area (Å²) in [6.45, 7) is 1.89. The first kappa shape index (κ1) is 14.8. The maximum Gasteiger partial charge on any atom is 0.342 e. The molecule has 21 heavy (non-hydrogen) atoms. The molecule has 0 saturated carbocycles. The second kappa shape index (κ2) is 5.80. The minimum atomic E-state index is -1.35. The fourth-order valence-corrected chi connectivity index (χ4v) is 2.00. The standard InChI is InChI=1S/C14H11ClN2O4/c1-8-2-5-11(15)12(6-8)16-9-3-4-10(14(18)19)13(7-9)17(20)21/h2-7,16H,1H3,(H,18,19). The van der Waals surface area contributed by atoms with E-state index >= 15 is 0 Å². The average molecular weight is 307 g/mol. The number of nitrogens with one attached hydrogen (secondary N) is 1. The van der Waals surface area contributed by atoms with Gasteiger partial charge in [-0.1, -0.05) is 17.7 Å². The molecule has 7 heteroatoms. The van der Waals surface area contributed by atoms with Crippen molar-refractivity contribution in [1.29, 1.82) is 0 Å². The van der Waals surface area contributed by atoms with Gasteiger partial charge in [0, 0.05) is 11.8 Å². The number of hydrogen-bond donors (Lipinski definition) is 2. The molecule has 0 aliphatic heterocycles. The lowest BCUT2D eigenvalue weighted by atomic mass is 10.1. The van der Waals surface area contributed by atoms with Gasteiger partial charge in [0.25, 0.3) is 5.69 Å². The van der Waals surface area contributed by atoms with Crippen molar-refractivity contribution >= 4 is 34.6 Å². The Morgan fingerprint density at radius 3 is 2.62 bits per heavy atom. The predicted molar refractivity (Wildman–Crippen MR) is 79.5 cm³/mol. The third-order valence-corrected chi connectivity index (χ3v) is 3.16. The molecule has 2 N–H and O–H groups in total. The molecule has 2 rings (SSSR count). The van der Waals surface area contributed by atoms with E-state index in [1.54, 1.807) is 12.1 Å². The van der Waals surface area contributed by atoms with Gasteiger partial charge in [-0.05, 0) is 36.8 Å². The van der Waals surface area contributed by atoms with Crippen LogP contribution in [-0.4, -0.2) is 16.0 Å². The molecule has 0 fully saturated rings. The van der Waals surface area contributed by atoms with E-state index in [0.29, 0.717) is 16.4 Å². The monoisotopic (exact) mass is 306 g/mol. The van der Waals surface area contributed by atoms with E-state index in [9.17, 15) is 14.9 Å². The summed E-state index contributed by atoms with van der Waals surface area (Å²) in [7, 11) is 0. The van der Waals surface area contributed by atoms with Gasteiger partial charge in [-0.25, -0.2) is 4.79 Å². The molecular weight excluding hydrogens is 296 g/mol. The molecule has 108 valence electrons. The van der Waals surface area contributed by atoms with Gasteiger partial charge in [0.05, 0.1) is 15.6 Å². The summed E-state index contributed by atoms with van der Waals surface area (Å²) in [6, 6.07) is 9.14. The Morgan fingerprint density at radius 2 is 2.00 bits per heavy atom. The van der Waals surface area contributed by atoms with Gasteiger partial charge in [-0.2, -0.15) is 0 Å². The first-order chi connectivity index (χ1) is 9.88. The van der Waals surface area contributed by atoms with Crippen LogP contribution >= 0.6 is 11.6 Å². The molecule has 0 aromatic heterocycles. The summed E-state index contributed by atoms with van der Waals surface area (Å²) < 4.78 is 0. The number of nitro groups is 1. The molecule has 2 aromatic rings. The largest absolute Gasteiger partial charge is 0.477 e. The van der Waals surface area contributed by atoms with Crippen LogP contribution in [0.4, 0.5) is 17.1 Å². The number of hydrogen-bond acceptors (Lipinski definition) is 4. The smallest absolute Gasteiger partial charge is 0.342 e. The number of carboxylic acid groups (broad SMARTS) is 1. The highest BCUT2D eigenvalue weighted by atomic mass is 35.5. The minimum absolute atomic E-state index is 0.360. The number of nitrogens with zero attached hydrogens (tertiary/aromatic N) is 1. The van der Waals surface area contributed by atoms with Crippen molar-refractivity contribution in [3.8, 4) is 0 Å². The van der Waals surface area contributed by atoms with E-state index < -0.39 is 16.6 Å². The molecule has 0 heterocycles. The zero-order valence-electron chi connectivity index (χ0n) is 11.0. The summed E-state index contributed by atoms with van der Waals surface area (Å²) in [4.78, 5) is 21.2. The van der Waals surface area contributed by atoms with Gasteiger partial charge in [-0.3, -0.25) is 10.1 Å². The normalized spacial score (nSPS) is 10.2. The van der Waals surface area contributed by atoms with Crippen molar-refractivity contribution in [2.45, 2.75) is 6.92 Å². The van der Waals surface area contributed by atoms with Gasteiger partial charge in [-0.15, -0.1) is 0 Å². The van der Waals surface area contributed by atoms with Crippen molar-refractivity contribution in [3.63, 3.8) is 0 Å². The molecule has 0 bridgehead atoms. The molecule has 2 aromatic carbocycles. The van der Waals surface area contributed by atoms with Gasteiger partial charge in [0.15, 0.2) is 0 Å². The first-order valence-electron chi connectivity index (χ1n) is 5.93. The molecule has 0 aliphatic carbocycles. The van der Waals surface area contributed by atoms with Crippen LogP contribution in [0.3, 0.4) is 0 Å². The van der Waals surface area contributed by atoms with E-state index in [2.05, 4.69) is 5.32 Å². The van der Waals surface area contributed by atoms with E-state index in [1.165, 1.54) is 18.2 Å². The van der Waals surface area contributed by atoms with Crippen LogP contribution in [0.1, 0.15) is 15.9 Å². The van der Waals surface area contributed by atoms with Crippen LogP contribution in [-0.2, 0) is 0 Å². The average Bonchev–Trinajstić information content (AvgIpc) is 2.42. The Kier molecular flexibility index (Phi) is 4.09. The van der Waals surface area contributed by atoms with Gasteiger partial charge >= 0.3 is 5.97 Å². The van der Waals surface area contributed by atoms with Crippen LogP contribution in [0.5, 0.6) is 0 Å². The number of nitro benzene ring substituents is 1. The van der Waals surface area contributed by atoms with Crippen molar-refractivity contribution in [1.82, 2.24) is 0 Å². The number of aromatic carboxylic acids is 1. The number of carbonyl (C=O) groups is 1. The molecular formula is C14H11ClN2O4. The van der Waals surface area contributed by atoms with Crippen molar-refractivity contribution in [2.75, 3.05) is 5.32 Å². The summed E-state index contributed by atoms with van der Waals surface area (Å²) in [6.07, 6.45) is 0. The zero-order valence-corrected chi connectivity index (χ0v) is 11.7. The molecule has 0 saturated heterocycles. The van der Waals surface area contributed by atoms with Gasteiger partial charge in [0.2, 0.25) is 0 Å². The third-order valence-electron chi connectivity index (χ3n) is 2.83. The lowest BCUT2D eigenvalue weighted by molar-refractivity contribution is -0.385. The maximum absolute atomic E-state index is 10.9. The van der Waals surface area contributed by atoms with Crippen molar-refractivity contribution < 1.29 is 14.8 Å². The number of anilines is 2. The molecule has 0 amide bonds. The highest BCUT2D eigenvalue weighted by Crippen LogP contribution is 2.29. The topological polar surface area (TPSA) is 92.5 Å². The Balaban J connectivity index is 2.41. The maximum atomic E-state index is 10.9. The van der Waals surface area contributed by atoms with E-state index in [4.69, 9.17) is 16.7 Å². The van der Waals surface area contributed by atoms with Crippen molar-refractivity contribution in [3.05, 3.63) is 62.7 Å². The minimum Gasteiger partial charge on any atom is -0.477 e. The summed E-state index contributed by atoms with van der Waals surface area (Å²) in [5, 5.41) is 23.3. The second-order valence-corrected chi connectivity index (χ2v) is 4.81. The number of aryl methyl sites for hydroxylation is 1. The Bertz CT molecular complexity index is 731. The fraction of sp³-hybridized carbons (Fsp3) is 0.0714. The van der Waals surface area contributed by atoms with Crippen LogP contribution in [0, 0.1) is 17.0 Å². The van der Waals surface area contributed by atoms with Crippen LogP contribution in [0.2, 0.25) is 5.02 Å². The first-order valence-corrected chi connectivity index (χ1v) is 6.31. The summed E-state index contributed by atoms with van der Waals surface area (Å²) in [5.74, 6) is -1.35. The van der Waals surface area contributed by atoms with Crippen molar-refractivity contribution in [2.24, 2.45) is 0 Å². The zero-order chi connectivity index (χ0) is 15.6. The highest BCUT2D eigenvalue weighted by molar-refractivity contribution is 6.33. The number of benzene rings is 2. The number of halogens is 1. The van der Waals surface area contributed by atoms with E-state index in [1.807, 2.05) is 13.0 Å². The summed E-state index contributed by atoms with van der Waals surface area (Å²) >= 11 is 6.04. The lowest BCUT2D eigenvalue weighted by Gasteiger charge is -2.10. The van der Waals surface area contributed by atoms with Crippen LogP contribution < -0.4 is 5.32 Å². The molecule has 0 radical (unpaired) electrons. The Hall–Kier alpha value is -2.60. The number of carboxylic acids is 1. The molecule has 0 spiro atoms. The Morgan fingerprint density at radius 1 is 1.29 bits per heavy atom. The van der Waals surface area contributed by atoms with Gasteiger partial charge in [0.1, 0.15) is 5.56 Å². The summed E-state index contributed by atoms with van der Waals surface area (Å²) in [5.41, 5.74) is 1.11. The predicted octanol–water partition coefficient (Wildman–Crippen LogP) is 4.00. The molecule has 0 unspecified atom stereocenters. The molecule has 0 aliphatic rings. The van der Waals surface area contributed by atoms with Crippen LogP contribution in [0.15, 0.2) is 36.4 Å². The number of rotatable bonds is 4. The molecule has 6 nitrogen and oxygen atoms in total. The van der Waals surface area contributed by atoms with Crippen LogP contribution in [0.25, 0.3) is 0 Å². The molecule has 0 atom stereocenters. The van der Waals surface area contributed by atoms with E-state index in [0.717, 1.165) is 5.56 Å². The van der Waals surface area contributed by atoms with Gasteiger partial charge < -0.3 is 10.4 Å². The SMILES string of the molecule is Cc1ccc(Cl)c(Nc2ccc(C(=O)O)c([N+](=O)[O-])c2)c1. The quantitative estimate of drug-likeness (QED) is 0.658. The Labute approximate surface area is 125 Å².